The Hall–Kier alpha value is -3.84. The SMILES string of the molecule is Cc1cccc(C(=O)NCC(=O)Nc2cccc(C#Cc3ccccc3)c2)c1. The number of rotatable bonds is 4. The van der Waals surface area contributed by atoms with Crippen LogP contribution in [0.1, 0.15) is 27.0 Å². The van der Waals surface area contributed by atoms with Gasteiger partial charge in [0, 0.05) is 22.4 Å². The number of hydrogen-bond acceptors (Lipinski definition) is 2. The summed E-state index contributed by atoms with van der Waals surface area (Å²) >= 11 is 0. The van der Waals surface area contributed by atoms with Crippen molar-refractivity contribution < 1.29 is 9.59 Å². The van der Waals surface area contributed by atoms with E-state index in [0.717, 1.165) is 16.7 Å². The average molecular weight is 368 g/mol. The molecule has 0 bridgehead atoms. The quantitative estimate of drug-likeness (QED) is 0.689. The summed E-state index contributed by atoms with van der Waals surface area (Å²) in [4.78, 5) is 24.3. The Morgan fingerprint density at radius 2 is 1.54 bits per heavy atom. The molecule has 3 aromatic carbocycles. The topological polar surface area (TPSA) is 58.2 Å². The maximum atomic E-state index is 12.1. The molecule has 0 aliphatic heterocycles. The molecule has 0 fully saturated rings. The number of benzene rings is 3. The Morgan fingerprint density at radius 3 is 2.32 bits per heavy atom. The molecule has 0 spiro atoms. The lowest BCUT2D eigenvalue weighted by molar-refractivity contribution is -0.115. The molecule has 2 amide bonds. The van der Waals surface area contributed by atoms with E-state index in [1.165, 1.54) is 0 Å². The molecule has 3 rings (SSSR count). The van der Waals surface area contributed by atoms with Crippen molar-refractivity contribution >= 4 is 17.5 Å². The summed E-state index contributed by atoms with van der Waals surface area (Å²) in [6, 6.07) is 24.2. The second-order valence-electron chi connectivity index (χ2n) is 6.30. The molecule has 4 heteroatoms. The highest BCUT2D eigenvalue weighted by molar-refractivity contribution is 5.99. The van der Waals surface area contributed by atoms with Crippen molar-refractivity contribution in [2.75, 3.05) is 11.9 Å². The molecule has 0 saturated carbocycles. The average Bonchev–Trinajstić information content (AvgIpc) is 2.71. The highest BCUT2D eigenvalue weighted by atomic mass is 16.2. The zero-order valence-electron chi connectivity index (χ0n) is 15.5. The van der Waals surface area contributed by atoms with Crippen LogP contribution < -0.4 is 10.6 Å². The standard InChI is InChI=1S/C24H20N2O2/c1-18-7-5-11-21(15-18)24(28)25-17-23(27)26-22-12-6-10-20(16-22)14-13-19-8-3-2-4-9-19/h2-12,15-16H,17H2,1H3,(H,25,28)(H,26,27). The highest BCUT2D eigenvalue weighted by Gasteiger charge is 2.08. The molecule has 0 atom stereocenters. The number of carbonyl (C=O) groups is 2. The predicted octanol–water partition coefficient (Wildman–Crippen LogP) is 3.76. The van der Waals surface area contributed by atoms with Gasteiger partial charge in [0.05, 0.1) is 6.54 Å². The zero-order chi connectivity index (χ0) is 19.8. The van der Waals surface area contributed by atoms with Gasteiger partial charge in [-0.05, 0) is 49.4 Å². The first-order valence-corrected chi connectivity index (χ1v) is 8.92. The third-order valence-corrected chi connectivity index (χ3v) is 3.96. The van der Waals surface area contributed by atoms with Gasteiger partial charge in [-0.1, -0.05) is 53.8 Å². The fourth-order valence-electron chi connectivity index (χ4n) is 2.59. The van der Waals surface area contributed by atoms with Crippen LogP contribution >= 0.6 is 0 Å². The molecule has 0 aliphatic carbocycles. The second kappa shape index (κ2) is 9.20. The fraction of sp³-hybridized carbons (Fsp3) is 0.0833. The summed E-state index contributed by atoms with van der Waals surface area (Å²) in [6.07, 6.45) is 0. The van der Waals surface area contributed by atoms with Gasteiger partial charge in [-0.15, -0.1) is 0 Å². The molecule has 2 N–H and O–H groups in total. The third kappa shape index (κ3) is 5.58. The van der Waals surface area contributed by atoms with Crippen molar-refractivity contribution in [1.82, 2.24) is 5.32 Å². The molecule has 0 radical (unpaired) electrons. The van der Waals surface area contributed by atoms with Crippen LogP contribution in [0.25, 0.3) is 0 Å². The molecule has 4 nitrogen and oxygen atoms in total. The number of nitrogens with one attached hydrogen (secondary N) is 2. The highest BCUT2D eigenvalue weighted by Crippen LogP contribution is 2.10. The van der Waals surface area contributed by atoms with Gasteiger partial charge in [-0.3, -0.25) is 9.59 Å². The Bertz CT molecular complexity index is 1050. The first-order valence-electron chi connectivity index (χ1n) is 8.92. The van der Waals surface area contributed by atoms with Gasteiger partial charge in [0.2, 0.25) is 5.91 Å². The minimum Gasteiger partial charge on any atom is -0.343 e. The second-order valence-corrected chi connectivity index (χ2v) is 6.30. The van der Waals surface area contributed by atoms with Crippen LogP contribution in [0, 0.1) is 18.8 Å². The summed E-state index contributed by atoms with van der Waals surface area (Å²) in [5.41, 5.74) is 3.88. The van der Waals surface area contributed by atoms with E-state index < -0.39 is 0 Å². The Labute approximate surface area is 164 Å². The van der Waals surface area contributed by atoms with Crippen LogP contribution in [0.3, 0.4) is 0 Å². The Balaban J connectivity index is 1.57. The van der Waals surface area contributed by atoms with Gasteiger partial charge >= 0.3 is 0 Å². The van der Waals surface area contributed by atoms with E-state index in [4.69, 9.17) is 0 Å². The molecule has 0 unspecified atom stereocenters. The van der Waals surface area contributed by atoms with Crippen molar-refractivity contribution in [3.05, 3.63) is 101 Å². The number of carbonyl (C=O) groups excluding carboxylic acids is 2. The van der Waals surface area contributed by atoms with Gasteiger partial charge in [0.1, 0.15) is 0 Å². The van der Waals surface area contributed by atoms with Gasteiger partial charge in [-0.25, -0.2) is 0 Å². The third-order valence-electron chi connectivity index (χ3n) is 3.96. The van der Waals surface area contributed by atoms with Gasteiger partial charge in [0.15, 0.2) is 0 Å². The molecule has 0 aliphatic rings. The molecule has 138 valence electrons. The van der Waals surface area contributed by atoms with Gasteiger partial charge in [-0.2, -0.15) is 0 Å². The largest absolute Gasteiger partial charge is 0.343 e. The first-order chi connectivity index (χ1) is 13.6. The fourth-order valence-corrected chi connectivity index (χ4v) is 2.59. The monoisotopic (exact) mass is 368 g/mol. The number of anilines is 1. The smallest absolute Gasteiger partial charge is 0.251 e. The number of amides is 2. The predicted molar refractivity (Wildman–Crippen MR) is 111 cm³/mol. The Morgan fingerprint density at radius 1 is 0.821 bits per heavy atom. The van der Waals surface area contributed by atoms with Crippen molar-refractivity contribution in [2.45, 2.75) is 6.92 Å². The lowest BCUT2D eigenvalue weighted by atomic mass is 10.1. The van der Waals surface area contributed by atoms with Crippen LogP contribution in [-0.2, 0) is 4.79 Å². The Kier molecular flexibility index (Phi) is 6.22. The van der Waals surface area contributed by atoms with E-state index in [0.29, 0.717) is 11.3 Å². The molecular formula is C24H20N2O2. The summed E-state index contributed by atoms with van der Waals surface area (Å²) in [6.45, 7) is 1.81. The van der Waals surface area contributed by atoms with E-state index in [1.807, 2.05) is 61.5 Å². The van der Waals surface area contributed by atoms with Crippen LogP contribution in [0.2, 0.25) is 0 Å². The summed E-state index contributed by atoms with van der Waals surface area (Å²) in [7, 11) is 0. The lowest BCUT2D eigenvalue weighted by Gasteiger charge is -2.08. The summed E-state index contributed by atoms with van der Waals surface area (Å²) in [5, 5.41) is 5.41. The lowest BCUT2D eigenvalue weighted by Crippen LogP contribution is -2.32. The number of hydrogen-bond donors (Lipinski definition) is 2. The van der Waals surface area contributed by atoms with Crippen LogP contribution in [0.4, 0.5) is 5.69 Å². The minimum atomic E-state index is -0.297. The normalized spacial score (nSPS) is 9.75. The zero-order valence-corrected chi connectivity index (χ0v) is 15.5. The maximum absolute atomic E-state index is 12.1. The van der Waals surface area contributed by atoms with Crippen molar-refractivity contribution in [1.29, 1.82) is 0 Å². The molecule has 28 heavy (non-hydrogen) atoms. The molecular weight excluding hydrogens is 348 g/mol. The molecule has 0 aromatic heterocycles. The first kappa shape index (κ1) is 18.9. The van der Waals surface area contributed by atoms with Crippen LogP contribution in [-0.4, -0.2) is 18.4 Å². The van der Waals surface area contributed by atoms with Crippen molar-refractivity contribution in [3.63, 3.8) is 0 Å². The van der Waals surface area contributed by atoms with E-state index in [1.54, 1.807) is 24.3 Å². The number of aryl methyl sites for hydroxylation is 1. The maximum Gasteiger partial charge on any atom is 0.251 e. The van der Waals surface area contributed by atoms with Gasteiger partial charge < -0.3 is 10.6 Å². The van der Waals surface area contributed by atoms with Crippen molar-refractivity contribution in [2.24, 2.45) is 0 Å². The van der Waals surface area contributed by atoms with Crippen molar-refractivity contribution in [3.8, 4) is 11.8 Å². The van der Waals surface area contributed by atoms with Crippen LogP contribution in [0.5, 0.6) is 0 Å². The summed E-state index contributed by atoms with van der Waals surface area (Å²) in [5.74, 6) is 5.59. The minimum absolute atomic E-state index is 0.104. The van der Waals surface area contributed by atoms with E-state index in [-0.39, 0.29) is 18.4 Å². The molecule has 0 saturated heterocycles. The summed E-state index contributed by atoms with van der Waals surface area (Å²) < 4.78 is 0. The van der Waals surface area contributed by atoms with Gasteiger partial charge in [0.25, 0.3) is 5.91 Å². The van der Waals surface area contributed by atoms with Crippen LogP contribution in [0.15, 0.2) is 78.9 Å². The molecule has 0 heterocycles. The van der Waals surface area contributed by atoms with E-state index in [9.17, 15) is 9.59 Å². The van der Waals surface area contributed by atoms with E-state index >= 15 is 0 Å². The molecule has 3 aromatic rings. The van der Waals surface area contributed by atoms with E-state index in [2.05, 4.69) is 22.5 Å².